The summed E-state index contributed by atoms with van der Waals surface area (Å²) in [5.41, 5.74) is -1.82. The molecular weight excluding hydrogens is 591 g/mol. The highest BCUT2D eigenvalue weighted by molar-refractivity contribution is 6.24. The number of amides is 1. The molecule has 1 unspecified atom stereocenters. The summed E-state index contributed by atoms with van der Waals surface area (Å²) >= 11 is 0. The lowest BCUT2D eigenvalue weighted by Crippen LogP contribution is -2.70. The number of aromatic hydroxyl groups is 1. The molecule has 1 aliphatic heterocycles. The minimum Gasteiger partial charge on any atom is -0.508 e. The molecule has 0 spiro atoms. The van der Waals surface area contributed by atoms with Crippen LogP contribution in [0.2, 0.25) is 0 Å². The highest BCUT2D eigenvalue weighted by Gasteiger charge is 2.68. The molecule has 44 heavy (non-hydrogen) atoms. The van der Waals surface area contributed by atoms with Crippen molar-refractivity contribution in [3.05, 3.63) is 45.7 Å². The Bertz CT molecular complexity index is 1510. The lowest BCUT2D eigenvalue weighted by Gasteiger charge is -2.53. The van der Waals surface area contributed by atoms with Crippen molar-refractivity contribution in [1.29, 1.82) is 0 Å². The third kappa shape index (κ3) is 4.28. The van der Waals surface area contributed by atoms with Gasteiger partial charge in [-0.15, -0.1) is 0 Å². The van der Waals surface area contributed by atoms with Crippen LogP contribution in [-0.4, -0.2) is 115 Å². The average Bonchev–Trinajstić information content (AvgIpc) is 2.92. The summed E-state index contributed by atoms with van der Waals surface area (Å²) < 4.78 is 39.7. The van der Waals surface area contributed by atoms with Crippen LogP contribution in [0.25, 0.3) is 5.76 Å². The average molecular weight is 626 g/mol. The van der Waals surface area contributed by atoms with Crippen LogP contribution in [0.1, 0.15) is 42.4 Å². The Morgan fingerprint density at radius 1 is 1.11 bits per heavy atom. The smallest absolute Gasteiger partial charge is 0.417 e. The van der Waals surface area contributed by atoms with Gasteiger partial charge in [0.2, 0.25) is 5.78 Å². The number of rotatable bonds is 4. The van der Waals surface area contributed by atoms with Gasteiger partial charge in [-0.3, -0.25) is 24.2 Å². The Hall–Kier alpha value is -3.50. The minimum absolute atomic E-state index is 0.0613. The summed E-state index contributed by atoms with van der Waals surface area (Å²) in [5.74, 6) is -10.0. The van der Waals surface area contributed by atoms with E-state index in [0.717, 1.165) is 0 Å². The monoisotopic (exact) mass is 625 g/mol. The van der Waals surface area contributed by atoms with Crippen molar-refractivity contribution < 1.29 is 58.2 Å². The van der Waals surface area contributed by atoms with Crippen molar-refractivity contribution >= 4 is 23.2 Å². The maximum Gasteiger partial charge on any atom is 0.417 e. The topological polar surface area (TPSA) is 205 Å². The first kappa shape index (κ1) is 31.9. The molecule has 240 valence electrons. The number of carbonyl (C=O) groups is 3. The lowest BCUT2D eigenvalue weighted by molar-refractivity contribution is -0.272. The second-order valence-electron chi connectivity index (χ2n) is 12.4. The van der Waals surface area contributed by atoms with Gasteiger partial charge in [0.25, 0.3) is 5.91 Å². The van der Waals surface area contributed by atoms with Crippen LogP contribution in [0.15, 0.2) is 29.0 Å². The number of primary amides is 1. The van der Waals surface area contributed by atoms with Crippen molar-refractivity contribution in [2.45, 2.75) is 61.8 Å². The van der Waals surface area contributed by atoms with Crippen molar-refractivity contribution in [2.24, 2.45) is 17.6 Å². The number of phenolic OH excluding ortho intramolecular Hbond substituents is 1. The number of aliphatic hydroxyl groups excluding tert-OH is 3. The molecule has 3 aliphatic carbocycles. The number of halogens is 3. The van der Waals surface area contributed by atoms with E-state index in [1.165, 1.54) is 31.1 Å². The van der Waals surface area contributed by atoms with Crippen molar-refractivity contribution in [3.8, 4) is 5.75 Å². The largest absolute Gasteiger partial charge is 0.508 e. The van der Waals surface area contributed by atoms with E-state index in [4.69, 9.17) is 5.73 Å². The number of likely N-dealkylation sites (N-methyl/N-ethyl adjacent to an activating group) is 1. The molecule has 2 fully saturated rings. The van der Waals surface area contributed by atoms with Gasteiger partial charge in [-0.2, -0.15) is 13.2 Å². The summed E-state index contributed by atoms with van der Waals surface area (Å²) in [6.07, 6.45) is -7.68. The zero-order chi connectivity index (χ0) is 32.8. The van der Waals surface area contributed by atoms with E-state index in [1.54, 1.807) is 11.8 Å². The first-order chi connectivity index (χ1) is 20.3. The van der Waals surface area contributed by atoms with E-state index in [9.17, 15) is 58.2 Å². The quantitative estimate of drug-likeness (QED) is 0.228. The maximum atomic E-state index is 14.1. The molecule has 0 bridgehead atoms. The highest BCUT2D eigenvalue weighted by Crippen LogP contribution is 2.56. The zero-order valence-corrected chi connectivity index (χ0v) is 24.1. The van der Waals surface area contributed by atoms with E-state index in [2.05, 4.69) is 0 Å². The number of hydrogen-bond donors (Lipinski definition) is 7. The van der Waals surface area contributed by atoms with Crippen LogP contribution in [0.3, 0.4) is 0 Å². The lowest BCUT2D eigenvalue weighted by atomic mass is 9.54. The van der Waals surface area contributed by atoms with Crippen LogP contribution in [0.5, 0.6) is 5.75 Å². The highest BCUT2D eigenvalue weighted by atomic mass is 19.4. The minimum atomic E-state index is -4.79. The number of Topliss-reactive ketones (excluding diaryl/α,β-unsaturated/α-hetero) is 2. The summed E-state index contributed by atoms with van der Waals surface area (Å²) in [7, 11) is 2.82. The van der Waals surface area contributed by atoms with Gasteiger partial charge in [0.1, 0.15) is 22.8 Å². The molecule has 6 atom stereocenters. The molecule has 8 N–H and O–H groups in total. The van der Waals surface area contributed by atoms with E-state index in [0.29, 0.717) is 5.56 Å². The normalized spacial score (nSPS) is 32.5. The molecule has 1 amide bonds. The van der Waals surface area contributed by atoms with Gasteiger partial charge in [-0.1, -0.05) is 19.1 Å². The Labute approximate surface area is 249 Å². The van der Waals surface area contributed by atoms with Crippen LogP contribution in [-0.2, 0) is 20.9 Å². The van der Waals surface area contributed by atoms with Crippen molar-refractivity contribution in [2.75, 3.05) is 27.2 Å². The Morgan fingerprint density at radius 3 is 2.23 bits per heavy atom. The number of likely N-dealkylation sites (tertiary alicyclic amines) is 1. The number of aliphatic hydroxyl groups is 5. The molecule has 0 aromatic heterocycles. The summed E-state index contributed by atoms with van der Waals surface area (Å²) in [6.45, 7) is 1.25. The van der Waals surface area contributed by atoms with E-state index >= 15 is 0 Å². The molecule has 1 saturated heterocycles. The van der Waals surface area contributed by atoms with Gasteiger partial charge < -0.3 is 36.4 Å². The van der Waals surface area contributed by atoms with E-state index < -0.39 is 106 Å². The molecule has 1 heterocycles. The third-order valence-corrected chi connectivity index (χ3v) is 9.82. The van der Waals surface area contributed by atoms with Crippen LogP contribution in [0.4, 0.5) is 13.2 Å². The Balaban J connectivity index is 1.59. The number of nitrogens with two attached hydrogens (primary N) is 1. The number of benzene rings is 1. The van der Waals surface area contributed by atoms with Gasteiger partial charge in [0.05, 0.1) is 23.6 Å². The summed E-state index contributed by atoms with van der Waals surface area (Å²) in [5, 5.41) is 67.1. The molecule has 5 rings (SSSR count). The van der Waals surface area contributed by atoms with Gasteiger partial charge in [0.15, 0.2) is 17.0 Å². The number of phenols is 1. The summed E-state index contributed by atoms with van der Waals surface area (Å²) in [4.78, 5) is 42.3. The number of piperidine rings is 1. The van der Waals surface area contributed by atoms with E-state index in [-0.39, 0.29) is 30.8 Å². The number of nitrogens with zero attached hydrogens (tertiary/aromatic N) is 2. The van der Waals surface area contributed by atoms with Gasteiger partial charge in [-0.05, 0) is 38.4 Å². The molecule has 0 radical (unpaired) electrons. The zero-order valence-electron chi connectivity index (χ0n) is 24.1. The maximum absolute atomic E-state index is 14.1. The number of carbonyl (C=O) groups excluding carboxylic acids is 3. The van der Waals surface area contributed by atoms with Gasteiger partial charge >= 0.3 is 6.18 Å². The Kier molecular flexibility index (Phi) is 7.45. The predicted octanol–water partition coefficient (Wildman–Crippen LogP) is 0.385. The fourth-order valence-corrected chi connectivity index (χ4v) is 7.39. The molecular formula is C29H34F3N3O9. The fraction of sp³-hybridized carbons (Fsp3) is 0.552. The Morgan fingerprint density at radius 2 is 1.70 bits per heavy atom. The van der Waals surface area contributed by atoms with Crippen molar-refractivity contribution in [1.82, 2.24) is 9.80 Å². The van der Waals surface area contributed by atoms with Gasteiger partial charge in [0, 0.05) is 36.7 Å². The van der Waals surface area contributed by atoms with E-state index in [1.807, 2.05) is 0 Å². The first-order valence-electron chi connectivity index (χ1n) is 14.0. The molecule has 4 aliphatic rings. The predicted molar refractivity (Wildman–Crippen MR) is 146 cm³/mol. The molecule has 15 heteroatoms. The van der Waals surface area contributed by atoms with Crippen LogP contribution < -0.4 is 5.73 Å². The second-order valence-corrected chi connectivity index (χ2v) is 12.4. The fourth-order valence-electron chi connectivity index (χ4n) is 7.39. The second kappa shape index (κ2) is 10.3. The number of fused-ring (bicyclic) bond motifs is 3. The summed E-state index contributed by atoms with van der Waals surface area (Å²) in [6, 6.07) is 1.57. The molecule has 1 aromatic rings. The SMILES string of the molecule is C[C@H]1c2ccc(CN3CCC(O)(C(F)(F)F)CC3)c(O)c2C(O)=C2C(=O)[C@]3(O)C(O)=C(C(N)=O)C(=O)[C@@H](N(C)C)[C@@H]3C(O)[C@@H]21. The molecule has 1 saturated carbocycles. The number of alkyl halides is 3. The van der Waals surface area contributed by atoms with Crippen molar-refractivity contribution in [3.63, 3.8) is 0 Å². The first-order valence-corrected chi connectivity index (χ1v) is 14.0. The molecule has 12 nitrogen and oxygen atoms in total. The number of hydrogen-bond acceptors (Lipinski definition) is 11. The van der Waals surface area contributed by atoms with Gasteiger partial charge in [-0.25, -0.2) is 0 Å². The molecule has 1 aromatic carbocycles. The standard InChI is InChI=1S/C29H34F3N3O9/c1-11-13-5-4-12(10-35-8-6-27(43,7-9-35)29(30,31)32)20(36)15(13)21(37)16-14(11)22(38)18-19(34(2)3)23(39)17(26(33)42)25(41)28(18,44)24(16)40/h4-5,11,14,18-19,22,36-38,41,43-44H,6-10H2,1-3H3,(H2,33,42)/t11-,14+,18+,19-,22?,28-/m0/s1. The third-order valence-electron chi connectivity index (χ3n) is 9.82. The van der Waals surface area contributed by atoms with Crippen LogP contribution >= 0.6 is 0 Å². The number of ketones is 2. The van der Waals surface area contributed by atoms with Crippen LogP contribution in [0, 0.1) is 11.8 Å².